The first-order valence-corrected chi connectivity index (χ1v) is 8.64. The smallest absolute Gasteiger partial charge is 0.0521 e. The van der Waals surface area contributed by atoms with Crippen molar-refractivity contribution in [2.45, 2.75) is 0 Å². The summed E-state index contributed by atoms with van der Waals surface area (Å²) in [4.78, 5) is 4.59. The maximum atomic E-state index is 8.78. The van der Waals surface area contributed by atoms with Crippen LogP contribution in [0.2, 0.25) is 0 Å². The van der Waals surface area contributed by atoms with Gasteiger partial charge in [0.05, 0.1) is 6.61 Å². The molecule has 0 radical (unpaired) electrons. The molecule has 0 saturated carbocycles. The zero-order chi connectivity index (χ0) is 15.2. The van der Waals surface area contributed by atoms with Crippen molar-refractivity contribution in [2.24, 2.45) is 4.99 Å². The van der Waals surface area contributed by atoms with Crippen LogP contribution in [0, 0.1) is 0 Å². The van der Waals surface area contributed by atoms with E-state index >= 15 is 0 Å². The van der Waals surface area contributed by atoms with Crippen molar-refractivity contribution >= 4 is 39.5 Å². The normalized spacial score (nSPS) is 11.7. The van der Waals surface area contributed by atoms with Gasteiger partial charge in [-0.25, -0.2) is 0 Å². The van der Waals surface area contributed by atoms with E-state index in [-0.39, 0.29) is 6.61 Å². The molecule has 0 aromatic heterocycles. The van der Waals surface area contributed by atoms with Gasteiger partial charge in [-0.1, -0.05) is 48.5 Å². The van der Waals surface area contributed by atoms with Gasteiger partial charge in [-0.2, -0.15) is 11.8 Å². The van der Waals surface area contributed by atoms with Gasteiger partial charge >= 0.3 is 0 Å². The van der Waals surface area contributed by atoms with Crippen LogP contribution in [0.3, 0.4) is 0 Å². The standard InChI is InChI=1S/C19H19NOS/c21-10-12-22-11-9-20-14-19-17-7-3-1-5-15(17)13-16-6-2-4-8-18(16)19/h1-8,13-14,21H,9-12H2. The van der Waals surface area contributed by atoms with Crippen LogP contribution in [0.1, 0.15) is 5.56 Å². The minimum atomic E-state index is 0.238. The molecule has 0 aliphatic carbocycles. The van der Waals surface area contributed by atoms with Crippen LogP contribution < -0.4 is 0 Å². The third-order valence-electron chi connectivity index (χ3n) is 3.63. The molecule has 0 atom stereocenters. The fourth-order valence-corrected chi connectivity index (χ4v) is 3.20. The van der Waals surface area contributed by atoms with Crippen LogP contribution in [0.5, 0.6) is 0 Å². The Morgan fingerprint density at radius 3 is 2.18 bits per heavy atom. The third-order valence-corrected chi connectivity index (χ3v) is 4.58. The minimum Gasteiger partial charge on any atom is -0.396 e. The number of fused-ring (bicyclic) bond motifs is 2. The van der Waals surface area contributed by atoms with Gasteiger partial charge in [-0.3, -0.25) is 4.99 Å². The fraction of sp³-hybridized carbons (Fsp3) is 0.211. The minimum absolute atomic E-state index is 0.238. The molecule has 3 heteroatoms. The van der Waals surface area contributed by atoms with Crippen molar-refractivity contribution in [3.63, 3.8) is 0 Å². The van der Waals surface area contributed by atoms with Crippen molar-refractivity contribution < 1.29 is 5.11 Å². The van der Waals surface area contributed by atoms with E-state index < -0.39 is 0 Å². The van der Waals surface area contributed by atoms with E-state index in [0.29, 0.717) is 0 Å². The summed E-state index contributed by atoms with van der Waals surface area (Å²) >= 11 is 1.73. The Bertz CT molecular complexity index is 744. The summed E-state index contributed by atoms with van der Waals surface area (Å²) < 4.78 is 0. The number of hydrogen-bond donors (Lipinski definition) is 1. The van der Waals surface area contributed by atoms with Crippen LogP contribution in [-0.2, 0) is 0 Å². The van der Waals surface area contributed by atoms with E-state index in [1.165, 1.54) is 27.1 Å². The number of rotatable bonds is 6. The quantitative estimate of drug-likeness (QED) is 0.422. The molecule has 0 unspecified atom stereocenters. The number of hydrogen-bond acceptors (Lipinski definition) is 3. The lowest BCUT2D eigenvalue weighted by atomic mass is 9.97. The number of nitrogens with zero attached hydrogens (tertiary/aromatic N) is 1. The Balaban J connectivity index is 1.96. The zero-order valence-electron chi connectivity index (χ0n) is 12.4. The summed E-state index contributed by atoms with van der Waals surface area (Å²) in [6.07, 6.45) is 2.00. The third kappa shape index (κ3) is 3.32. The zero-order valence-corrected chi connectivity index (χ0v) is 13.2. The predicted octanol–water partition coefficient (Wildman–Crippen LogP) is 4.14. The lowest BCUT2D eigenvalue weighted by Gasteiger charge is -2.07. The largest absolute Gasteiger partial charge is 0.396 e. The van der Waals surface area contributed by atoms with Gasteiger partial charge < -0.3 is 5.11 Å². The van der Waals surface area contributed by atoms with Gasteiger partial charge in [-0.15, -0.1) is 0 Å². The molecule has 0 bridgehead atoms. The Morgan fingerprint density at radius 1 is 0.909 bits per heavy atom. The summed E-state index contributed by atoms with van der Waals surface area (Å²) in [6.45, 7) is 1.02. The van der Waals surface area contributed by atoms with E-state index in [1.54, 1.807) is 11.8 Å². The summed E-state index contributed by atoms with van der Waals surface area (Å²) in [5.41, 5.74) is 1.20. The Hall–Kier alpha value is -1.84. The molecule has 3 rings (SSSR count). The molecule has 1 N–H and O–H groups in total. The molecule has 0 aliphatic heterocycles. The van der Waals surface area contributed by atoms with Crippen LogP contribution in [0.4, 0.5) is 0 Å². The number of aliphatic hydroxyl groups excluding tert-OH is 1. The van der Waals surface area contributed by atoms with E-state index in [4.69, 9.17) is 5.11 Å². The highest BCUT2D eigenvalue weighted by Gasteiger charge is 2.04. The molecular weight excluding hydrogens is 290 g/mol. The average Bonchev–Trinajstić information content (AvgIpc) is 2.57. The van der Waals surface area contributed by atoms with Gasteiger partial charge in [0.15, 0.2) is 0 Å². The highest BCUT2D eigenvalue weighted by molar-refractivity contribution is 7.99. The topological polar surface area (TPSA) is 32.6 Å². The Labute approximate surface area is 134 Å². The number of aliphatic hydroxyl groups is 1. The number of aliphatic imine (C=N–C) groups is 1. The van der Waals surface area contributed by atoms with E-state index in [1.807, 2.05) is 6.21 Å². The van der Waals surface area contributed by atoms with Crippen molar-refractivity contribution in [3.05, 3.63) is 60.2 Å². The van der Waals surface area contributed by atoms with Crippen molar-refractivity contribution in [1.29, 1.82) is 0 Å². The van der Waals surface area contributed by atoms with Crippen LogP contribution in [0.25, 0.3) is 21.5 Å². The Kier molecular flexibility index (Phi) is 5.09. The molecule has 0 amide bonds. The first kappa shape index (κ1) is 15.1. The number of thioether (sulfide) groups is 1. The first-order chi connectivity index (χ1) is 10.9. The van der Waals surface area contributed by atoms with Crippen LogP contribution in [0.15, 0.2) is 59.6 Å². The second-order valence-electron chi connectivity index (χ2n) is 5.10. The highest BCUT2D eigenvalue weighted by atomic mass is 32.2. The Morgan fingerprint density at radius 2 is 1.55 bits per heavy atom. The molecule has 0 heterocycles. The van der Waals surface area contributed by atoms with Crippen molar-refractivity contribution in [2.75, 3.05) is 24.7 Å². The van der Waals surface area contributed by atoms with E-state index in [0.717, 1.165) is 18.1 Å². The van der Waals surface area contributed by atoms with Gasteiger partial charge in [0.1, 0.15) is 0 Å². The van der Waals surface area contributed by atoms with E-state index in [9.17, 15) is 0 Å². The summed E-state index contributed by atoms with van der Waals surface area (Å²) in [6, 6.07) is 19.1. The highest BCUT2D eigenvalue weighted by Crippen LogP contribution is 2.27. The SMILES string of the molecule is OCCSCCN=Cc1c2ccccc2cc2ccccc12. The van der Waals surface area contributed by atoms with Gasteiger partial charge in [0.25, 0.3) is 0 Å². The molecule has 3 aromatic carbocycles. The van der Waals surface area contributed by atoms with E-state index in [2.05, 4.69) is 59.6 Å². The molecule has 2 nitrogen and oxygen atoms in total. The second-order valence-corrected chi connectivity index (χ2v) is 6.33. The first-order valence-electron chi connectivity index (χ1n) is 7.49. The summed E-state index contributed by atoms with van der Waals surface area (Å²) in [7, 11) is 0. The molecule has 22 heavy (non-hydrogen) atoms. The van der Waals surface area contributed by atoms with Crippen LogP contribution >= 0.6 is 11.8 Å². The van der Waals surface area contributed by atoms with Gasteiger partial charge in [0.2, 0.25) is 0 Å². The molecule has 112 valence electrons. The molecule has 0 aliphatic rings. The lowest BCUT2D eigenvalue weighted by Crippen LogP contribution is -1.93. The maximum absolute atomic E-state index is 8.78. The monoisotopic (exact) mass is 309 g/mol. The summed E-state index contributed by atoms with van der Waals surface area (Å²) in [5.74, 6) is 1.73. The second kappa shape index (κ2) is 7.43. The van der Waals surface area contributed by atoms with Crippen molar-refractivity contribution in [3.8, 4) is 0 Å². The fourth-order valence-electron chi connectivity index (χ4n) is 2.63. The molecule has 3 aromatic rings. The van der Waals surface area contributed by atoms with Gasteiger partial charge in [0, 0.05) is 29.8 Å². The molecule has 0 spiro atoms. The van der Waals surface area contributed by atoms with Crippen LogP contribution in [-0.4, -0.2) is 36.0 Å². The maximum Gasteiger partial charge on any atom is 0.0521 e. The summed E-state index contributed by atoms with van der Waals surface area (Å²) in [5, 5.41) is 13.8. The lowest BCUT2D eigenvalue weighted by molar-refractivity contribution is 0.322. The van der Waals surface area contributed by atoms with Gasteiger partial charge in [-0.05, 0) is 27.6 Å². The molecular formula is C19H19NOS. The molecule has 0 fully saturated rings. The average molecular weight is 309 g/mol. The molecule has 0 saturated heterocycles. The number of benzene rings is 3. The predicted molar refractivity (Wildman–Crippen MR) is 98.3 cm³/mol. The van der Waals surface area contributed by atoms with Crippen molar-refractivity contribution in [1.82, 2.24) is 0 Å².